The van der Waals surface area contributed by atoms with Gasteiger partial charge in [0.1, 0.15) is 0 Å². The fraction of sp³-hybridized carbons (Fsp3) is 0.0556. The largest absolute Gasteiger partial charge is 0.291 e. The fourth-order valence-electron chi connectivity index (χ4n) is 2.50. The Morgan fingerprint density at radius 2 is 1.88 bits per heavy atom. The quantitative estimate of drug-likeness (QED) is 0.520. The molecule has 0 aliphatic carbocycles. The molecule has 4 nitrogen and oxygen atoms in total. The van der Waals surface area contributed by atoms with Crippen molar-refractivity contribution in [3.63, 3.8) is 0 Å². The minimum Gasteiger partial charge on any atom is -0.266 e. The Labute approximate surface area is 150 Å². The molecule has 2 aromatic heterocycles. The Hall–Kier alpha value is -2.31. The minimum absolute atomic E-state index is 0.141. The SMILES string of the molecule is Cc1ccccc1-c1nc2sc(=Cc3ccccc3Br)c(=O)n2n1. The molecule has 0 bridgehead atoms. The summed E-state index contributed by atoms with van der Waals surface area (Å²) in [5.74, 6) is 0.587. The maximum absolute atomic E-state index is 12.6. The van der Waals surface area contributed by atoms with Gasteiger partial charge in [-0.3, -0.25) is 4.79 Å². The van der Waals surface area contributed by atoms with Gasteiger partial charge in [-0.15, -0.1) is 5.10 Å². The number of hydrogen-bond donors (Lipinski definition) is 0. The average molecular weight is 398 g/mol. The molecule has 2 aromatic carbocycles. The Kier molecular flexibility index (Phi) is 3.78. The molecule has 0 aliphatic heterocycles. The van der Waals surface area contributed by atoms with Gasteiger partial charge in [-0.1, -0.05) is 69.7 Å². The molecular formula is C18H12BrN3OS. The zero-order valence-electron chi connectivity index (χ0n) is 12.7. The summed E-state index contributed by atoms with van der Waals surface area (Å²) in [6.45, 7) is 2.01. The van der Waals surface area contributed by atoms with Crippen LogP contribution < -0.4 is 10.1 Å². The summed E-state index contributed by atoms with van der Waals surface area (Å²) in [7, 11) is 0. The molecule has 0 fully saturated rings. The van der Waals surface area contributed by atoms with Crippen LogP contribution in [0, 0.1) is 6.92 Å². The fourth-order valence-corrected chi connectivity index (χ4v) is 3.80. The number of aromatic nitrogens is 3. The van der Waals surface area contributed by atoms with Crippen molar-refractivity contribution in [3.05, 3.63) is 79.0 Å². The summed E-state index contributed by atoms with van der Waals surface area (Å²) in [5.41, 5.74) is 2.85. The lowest BCUT2D eigenvalue weighted by Gasteiger charge is -1.98. The van der Waals surface area contributed by atoms with Gasteiger partial charge in [-0.05, 0) is 30.2 Å². The van der Waals surface area contributed by atoms with Crippen molar-refractivity contribution in [3.8, 4) is 11.4 Å². The number of nitrogens with zero attached hydrogens (tertiary/aromatic N) is 3. The molecule has 0 amide bonds. The molecule has 0 spiro atoms. The smallest absolute Gasteiger partial charge is 0.266 e. The molecular weight excluding hydrogens is 386 g/mol. The first kappa shape index (κ1) is 15.2. The maximum atomic E-state index is 12.6. The van der Waals surface area contributed by atoms with E-state index in [0.29, 0.717) is 15.3 Å². The summed E-state index contributed by atoms with van der Waals surface area (Å²) >= 11 is 4.85. The topological polar surface area (TPSA) is 47.3 Å². The minimum atomic E-state index is -0.141. The van der Waals surface area contributed by atoms with E-state index in [1.807, 2.05) is 61.5 Å². The van der Waals surface area contributed by atoms with Crippen molar-refractivity contribution in [1.82, 2.24) is 14.6 Å². The third kappa shape index (κ3) is 2.57. The van der Waals surface area contributed by atoms with Crippen molar-refractivity contribution in [2.45, 2.75) is 6.92 Å². The van der Waals surface area contributed by atoms with Crippen LogP contribution in [0.15, 0.2) is 57.8 Å². The van der Waals surface area contributed by atoms with Crippen molar-refractivity contribution in [2.24, 2.45) is 0 Å². The average Bonchev–Trinajstić information content (AvgIpc) is 3.10. The molecule has 0 aliphatic rings. The lowest BCUT2D eigenvalue weighted by atomic mass is 10.1. The van der Waals surface area contributed by atoms with Crippen LogP contribution >= 0.6 is 27.3 Å². The first-order chi connectivity index (χ1) is 11.6. The van der Waals surface area contributed by atoms with Crippen LogP contribution in [0.1, 0.15) is 11.1 Å². The number of fused-ring (bicyclic) bond motifs is 1. The molecule has 0 unspecified atom stereocenters. The monoisotopic (exact) mass is 397 g/mol. The van der Waals surface area contributed by atoms with E-state index in [1.54, 1.807) is 0 Å². The molecule has 0 radical (unpaired) electrons. The van der Waals surface area contributed by atoms with E-state index in [2.05, 4.69) is 26.0 Å². The molecule has 2 heterocycles. The van der Waals surface area contributed by atoms with Crippen molar-refractivity contribution in [2.75, 3.05) is 0 Å². The van der Waals surface area contributed by atoms with Crippen LogP contribution in [0.25, 0.3) is 22.4 Å². The highest BCUT2D eigenvalue weighted by molar-refractivity contribution is 9.10. The number of benzene rings is 2. The van der Waals surface area contributed by atoms with Crippen LogP contribution in [0.2, 0.25) is 0 Å². The van der Waals surface area contributed by atoms with Gasteiger partial charge in [0.15, 0.2) is 5.82 Å². The molecule has 4 aromatic rings. The second kappa shape index (κ2) is 5.96. The van der Waals surface area contributed by atoms with Gasteiger partial charge in [-0.25, -0.2) is 0 Å². The van der Waals surface area contributed by atoms with Gasteiger partial charge in [-0.2, -0.15) is 9.50 Å². The molecule has 0 saturated carbocycles. The Balaban J connectivity index is 1.87. The summed E-state index contributed by atoms with van der Waals surface area (Å²) in [6.07, 6.45) is 1.86. The zero-order valence-corrected chi connectivity index (χ0v) is 15.1. The lowest BCUT2D eigenvalue weighted by Crippen LogP contribution is -2.23. The van der Waals surface area contributed by atoms with E-state index < -0.39 is 0 Å². The number of hydrogen-bond acceptors (Lipinski definition) is 4. The highest BCUT2D eigenvalue weighted by atomic mass is 79.9. The van der Waals surface area contributed by atoms with Crippen molar-refractivity contribution in [1.29, 1.82) is 0 Å². The van der Waals surface area contributed by atoms with E-state index in [9.17, 15) is 4.79 Å². The number of rotatable bonds is 2. The van der Waals surface area contributed by atoms with Crippen LogP contribution in [0.3, 0.4) is 0 Å². The standard InChI is InChI=1S/C18H12BrN3OS/c1-11-6-2-4-8-13(11)16-20-18-22(21-16)17(23)15(24-18)10-12-7-3-5-9-14(12)19/h2-10H,1H3. The third-order valence-electron chi connectivity index (χ3n) is 3.76. The predicted molar refractivity (Wildman–Crippen MR) is 100 cm³/mol. The molecule has 0 atom stereocenters. The Bertz CT molecular complexity index is 1160. The van der Waals surface area contributed by atoms with Crippen LogP contribution in [-0.2, 0) is 0 Å². The zero-order chi connectivity index (χ0) is 16.7. The van der Waals surface area contributed by atoms with E-state index in [4.69, 9.17) is 0 Å². The highest BCUT2D eigenvalue weighted by Crippen LogP contribution is 2.20. The normalized spacial score (nSPS) is 12.2. The predicted octanol–water partition coefficient (Wildman–Crippen LogP) is 3.44. The summed E-state index contributed by atoms with van der Waals surface area (Å²) in [4.78, 5) is 17.7. The lowest BCUT2D eigenvalue weighted by molar-refractivity contribution is 0.936. The number of halogens is 1. The van der Waals surface area contributed by atoms with Crippen molar-refractivity contribution >= 4 is 38.3 Å². The number of thiazole rings is 1. The first-order valence-electron chi connectivity index (χ1n) is 7.35. The molecule has 6 heteroatoms. The van der Waals surface area contributed by atoms with E-state index in [0.717, 1.165) is 21.2 Å². The van der Waals surface area contributed by atoms with Gasteiger partial charge in [0.05, 0.1) is 4.53 Å². The molecule has 118 valence electrons. The van der Waals surface area contributed by atoms with Gasteiger partial charge in [0, 0.05) is 10.0 Å². The van der Waals surface area contributed by atoms with Gasteiger partial charge >= 0.3 is 0 Å². The summed E-state index contributed by atoms with van der Waals surface area (Å²) in [6, 6.07) is 15.7. The summed E-state index contributed by atoms with van der Waals surface area (Å²) in [5, 5.41) is 4.40. The third-order valence-corrected chi connectivity index (χ3v) is 5.44. The second-order valence-corrected chi connectivity index (χ2v) is 7.25. The summed E-state index contributed by atoms with van der Waals surface area (Å²) < 4.78 is 2.95. The molecule has 4 rings (SSSR count). The second-order valence-electron chi connectivity index (χ2n) is 5.38. The van der Waals surface area contributed by atoms with Crippen LogP contribution in [-0.4, -0.2) is 14.6 Å². The van der Waals surface area contributed by atoms with E-state index in [-0.39, 0.29) is 5.56 Å². The van der Waals surface area contributed by atoms with E-state index >= 15 is 0 Å². The van der Waals surface area contributed by atoms with Gasteiger partial charge < -0.3 is 0 Å². The molecule has 24 heavy (non-hydrogen) atoms. The van der Waals surface area contributed by atoms with Crippen LogP contribution in [0.4, 0.5) is 0 Å². The molecule has 0 saturated heterocycles. The van der Waals surface area contributed by atoms with Gasteiger partial charge in [0.25, 0.3) is 5.56 Å². The van der Waals surface area contributed by atoms with Crippen LogP contribution in [0.5, 0.6) is 0 Å². The van der Waals surface area contributed by atoms with E-state index in [1.165, 1.54) is 15.9 Å². The maximum Gasteiger partial charge on any atom is 0.291 e. The Morgan fingerprint density at radius 3 is 2.62 bits per heavy atom. The molecule has 0 N–H and O–H groups in total. The highest BCUT2D eigenvalue weighted by Gasteiger charge is 2.13. The first-order valence-corrected chi connectivity index (χ1v) is 8.96. The Morgan fingerprint density at radius 1 is 1.12 bits per heavy atom. The van der Waals surface area contributed by atoms with Gasteiger partial charge in [0.2, 0.25) is 4.96 Å². The van der Waals surface area contributed by atoms with Crippen molar-refractivity contribution < 1.29 is 0 Å². The number of aryl methyl sites for hydroxylation is 1.